The molecule has 7 nitrogen and oxygen atoms in total. The molecule has 7 heteroatoms. The molecular formula is C23H46N6O. The fraction of sp³-hybridized carbons (Fsp3) is 0.913. The summed E-state index contributed by atoms with van der Waals surface area (Å²) in [6.07, 6.45) is 3.28. The van der Waals surface area contributed by atoms with Gasteiger partial charge in [0.2, 0.25) is 0 Å². The number of hydrogen-bond acceptors (Lipinski definition) is 7. The van der Waals surface area contributed by atoms with Crippen LogP contribution in [-0.4, -0.2) is 85.2 Å². The summed E-state index contributed by atoms with van der Waals surface area (Å²) in [7, 11) is 1.58. The van der Waals surface area contributed by atoms with E-state index < -0.39 is 0 Å². The van der Waals surface area contributed by atoms with Crippen molar-refractivity contribution < 1.29 is 4.74 Å². The van der Waals surface area contributed by atoms with E-state index in [1.807, 2.05) is 0 Å². The van der Waals surface area contributed by atoms with E-state index in [2.05, 4.69) is 68.0 Å². The van der Waals surface area contributed by atoms with Gasteiger partial charge in [-0.25, -0.2) is 0 Å². The maximum Gasteiger partial charge on any atom is 0.181 e. The van der Waals surface area contributed by atoms with Crippen LogP contribution in [0, 0.1) is 16.7 Å². The van der Waals surface area contributed by atoms with Gasteiger partial charge in [0.15, 0.2) is 5.90 Å². The lowest BCUT2D eigenvalue weighted by Crippen LogP contribution is -2.53. The molecule has 0 bridgehead atoms. The molecule has 2 atom stereocenters. The van der Waals surface area contributed by atoms with Crippen LogP contribution in [0.4, 0.5) is 0 Å². The summed E-state index contributed by atoms with van der Waals surface area (Å²) in [5.74, 6) is 0.346. The molecule has 0 aromatic heterocycles. The summed E-state index contributed by atoms with van der Waals surface area (Å²) in [6, 6.07) is 3.11. The summed E-state index contributed by atoms with van der Waals surface area (Å²) in [6.45, 7) is 19.0. The molecule has 0 radical (unpaired) electrons. The van der Waals surface area contributed by atoms with Gasteiger partial charge in [-0.05, 0) is 54.4 Å². The lowest BCUT2D eigenvalue weighted by atomic mass is 9.93. The van der Waals surface area contributed by atoms with Crippen LogP contribution in [0.2, 0.25) is 0 Å². The molecule has 1 fully saturated rings. The van der Waals surface area contributed by atoms with E-state index in [1.54, 1.807) is 7.11 Å². The Hall–Kier alpha value is -1.20. The molecule has 3 N–H and O–H groups in total. The molecule has 1 aliphatic heterocycles. The van der Waals surface area contributed by atoms with Gasteiger partial charge in [0.05, 0.1) is 13.2 Å². The van der Waals surface area contributed by atoms with Crippen LogP contribution in [0.25, 0.3) is 0 Å². The van der Waals surface area contributed by atoms with Crippen LogP contribution >= 0.6 is 0 Å². The third kappa shape index (κ3) is 10.2. The van der Waals surface area contributed by atoms with Crippen molar-refractivity contribution >= 4 is 5.90 Å². The van der Waals surface area contributed by atoms with E-state index in [-0.39, 0.29) is 11.1 Å². The third-order valence-electron chi connectivity index (χ3n) is 6.25. The van der Waals surface area contributed by atoms with Crippen molar-refractivity contribution in [1.29, 1.82) is 10.7 Å². The number of nitrogens with one attached hydrogen (secondary N) is 3. The molecule has 1 saturated heterocycles. The average Bonchev–Trinajstić information content (AvgIpc) is 2.64. The molecule has 0 spiro atoms. The molecule has 0 unspecified atom stereocenters. The first kappa shape index (κ1) is 26.8. The summed E-state index contributed by atoms with van der Waals surface area (Å²) in [4.78, 5) is 4.93. The summed E-state index contributed by atoms with van der Waals surface area (Å²) >= 11 is 0. The van der Waals surface area contributed by atoms with Crippen molar-refractivity contribution in [3.63, 3.8) is 0 Å². The zero-order valence-electron chi connectivity index (χ0n) is 20.5. The van der Waals surface area contributed by atoms with E-state index >= 15 is 0 Å². The fourth-order valence-corrected chi connectivity index (χ4v) is 4.60. The van der Waals surface area contributed by atoms with Gasteiger partial charge in [0, 0.05) is 75.3 Å². The minimum absolute atomic E-state index is 0.0212. The summed E-state index contributed by atoms with van der Waals surface area (Å²) < 4.78 is 5.07. The second-order valence-corrected chi connectivity index (χ2v) is 10.1. The minimum atomic E-state index is 0.0212. The van der Waals surface area contributed by atoms with Gasteiger partial charge < -0.3 is 15.4 Å². The third-order valence-corrected chi connectivity index (χ3v) is 6.25. The Labute approximate surface area is 185 Å². The second-order valence-electron chi connectivity index (χ2n) is 10.1. The molecule has 0 saturated carbocycles. The Morgan fingerprint density at radius 2 is 1.47 bits per heavy atom. The fourth-order valence-electron chi connectivity index (χ4n) is 4.60. The Kier molecular flexibility index (Phi) is 11.3. The molecule has 1 heterocycles. The molecule has 0 aliphatic carbocycles. The van der Waals surface area contributed by atoms with Crippen molar-refractivity contribution in [3.05, 3.63) is 0 Å². The first-order chi connectivity index (χ1) is 14.0. The SMILES string of the molecule is COC(=N)CCN1CCNC(C)(C)C[C@H](C)N(CCC#N)CCNC(C)(C)C[C@H]1C. The average molecular weight is 423 g/mol. The summed E-state index contributed by atoms with van der Waals surface area (Å²) in [5.41, 5.74) is 0.0443. The normalized spacial score (nSPS) is 27.0. The van der Waals surface area contributed by atoms with Gasteiger partial charge >= 0.3 is 0 Å². The Morgan fingerprint density at radius 1 is 1.00 bits per heavy atom. The lowest BCUT2D eigenvalue weighted by molar-refractivity contribution is 0.135. The smallest absolute Gasteiger partial charge is 0.181 e. The zero-order chi connectivity index (χ0) is 22.8. The van der Waals surface area contributed by atoms with Crippen molar-refractivity contribution in [2.24, 2.45) is 0 Å². The summed E-state index contributed by atoms with van der Waals surface area (Å²) in [5, 5.41) is 24.4. The highest BCUT2D eigenvalue weighted by molar-refractivity contribution is 5.72. The maximum absolute atomic E-state index is 9.06. The number of nitrogens with zero attached hydrogens (tertiary/aromatic N) is 3. The van der Waals surface area contributed by atoms with Gasteiger partial charge in [0.25, 0.3) is 0 Å². The van der Waals surface area contributed by atoms with E-state index in [0.29, 0.717) is 30.8 Å². The topological polar surface area (TPSA) is 87.4 Å². The van der Waals surface area contributed by atoms with Gasteiger partial charge in [0.1, 0.15) is 0 Å². The number of methoxy groups -OCH3 is 1. The maximum atomic E-state index is 9.06. The molecule has 0 amide bonds. The van der Waals surface area contributed by atoms with E-state index in [0.717, 1.165) is 52.1 Å². The molecule has 0 aromatic carbocycles. The highest BCUT2D eigenvalue weighted by atomic mass is 16.5. The van der Waals surface area contributed by atoms with E-state index in [1.165, 1.54) is 0 Å². The quantitative estimate of drug-likeness (QED) is 0.466. The second kappa shape index (κ2) is 12.6. The number of ether oxygens (including phenoxy) is 1. The Balaban J connectivity index is 2.92. The Morgan fingerprint density at radius 3 is 1.90 bits per heavy atom. The van der Waals surface area contributed by atoms with Crippen molar-refractivity contribution in [2.75, 3.05) is 46.4 Å². The molecule has 0 aromatic rings. The Bertz CT molecular complexity index is 556. The van der Waals surface area contributed by atoms with Gasteiger partial charge in [-0.2, -0.15) is 5.26 Å². The van der Waals surface area contributed by atoms with Gasteiger partial charge in [-0.1, -0.05) is 0 Å². The predicted molar refractivity (Wildman–Crippen MR) is 125 cm³/mol. The highest BCUT2D eigenvalue weighted by Crippen LogP contribution is 2.19. The first-order valence-electron chi connectivity index (χ1n) is 11.5. The lowest BCUT2D eigenvalue weighted by Gasteiger charge is -2.40. The van der Waals surface area contributed by atoms with Crippen LogP contribution in [0.3, 0.4) is 0 Å². The standard InChI is InChI=1S/C23H46N6O/c1-19-17-22(3,4)27-12-16-29(14-9-21(25)30-7)20(2)18-23(5,6)26-11-15-28(19)13-8-10-24/h19-20,25-27H,8-9,11-18H2,1-7H3/t19-,20+/m0/s1. The van der Waals surface area contributed by atoms with Crippen LogP contribution in [-0.2, 0) is 4.74 Å². The predicted octanol–water partition coefficient (Wildman–Crippen LogP) is 2.83. The number of hydrogen-bond donors (Lipinski definition) is 3. The van der Waals surface area contributed by atoms with Crippen molar-refractivity contribution in [3.8, 4) is 6.07 Å². The van der Waals surface area contributed by atoms with E-state index in [9.17, 15) is 0 Å². The monoisotopic (exact) mass is 422 g/mol. The number of rotatable bonds is 5. The van der Waals surface area contributed by atoms with Crippen molar-refractivity contribution in [1.82, 2.24) is 20.4 Å². The highest BCUT2D eigenvalue weighted by Gasteiger charge is 2.28. The molecular weight excluding hydrogens is 376 g/mol. The molecule has 1 rings (SSSR count). The molecule has 30 heavy (non-hydrogen) atoms. The first-order valence-corrected chi connectivity index (χ1v) is 11.5. The van der Waals surface area contributed by atoms with Crippen LogP contribution in [0.5, 0.6) is 0 Å². The van der Waals surface area contributed by atoms with Gasteiger partial charge in [-0.15, -0.1) is 0 Å². The van der Waals surface area contributed by atoms with Crippen LogP contribution in [0.1, 0.15) is 67.2 Å². The van der Waals surface area contributed by atoms with E-state index in [4.69, 9.17) is 15.4 Å². The number of nitriles is 1. The van der Waals surface area contributed by atoms with Crippen molar-refractivity contribution in [2.45, 2.75) is 90.4 Å². The van der Waals surface area contributed by atoms with Crippen LogP contribution in [0.15, 0.2) is 0 Å². The van der Waals surface area contributed by atoms with Crippen LogP contribution < -0.4 is 10.6 Å². The zero-order valence-corrected chi connectivity index (χ0v) is 20.5. The minimum Gasteiger partial charge on any atom is -0.484 e. The van der Waals surface area contributed by atoms with Gasteiger partial charge in [-0.3, -0.25) is 15.2 Å². The molecule has 174 valence electrons. The molecule has 1 aliphatic rings. The largest absolute Gasteiger partial charge is 0.484 e.